The smallest absolute Gasteiger partial charge is 0.308 e. The number of hydrogen-bond donors (Lipinski definition) is 1. The Bertz CT molecular complexity index is 580. The van der Waals surface area contributed by atoms with E-state index in [1.165, 1.54) is 25.3 Å². The van der Waals surface area contributed by atoms with Crippen LogP contribution < -0.4 is 4.74 Å². The Hall–Kier alpha value is -1.44. The van der Waals surface area contributed by atoms with Crippen molar-refractivity contribution in [3.05, 3.63) is 28.8 Å². The first-order valence-electron chi connectivity index (χ1n) is 4.57. The van der Waals surface area contributed by atoms with E-state index < -0.39 is 21.3 Å². The number of carbonyl (C=O) groups excluding carboxylic acids is 2. The van der Waals surface area contributed by atoms with Gasteiger partial charge in [-0.25, -0.2) is 0 Å². The van der Waals surface area contributed by atoms with E-state index in [-0.39, 0.29) is 16.3 Å². The highest BCUT2D eigenvalue weighted by atomic mass is 35.5. The Balaban J connectivity index is 3.18. The maximum atomic E-state index is 10.9. The highest BCUT2D eigenvalue weighted by molar-refractivity contribution is 7.86. The normalized spacial score (nSPS) is 12.8. The summed E-state index contributed by atoms with van der Waals surface area (Å²) in [6.07, 6.45) is 1.19. The van der Waals surface area contributed by atoms with Crippen LogP contribution in [0.1, 0.15) is 17.7 Å². The second-order valence-corrected chi connectivity index (χ2v) is 5.20. The Morgan fingerprint density at radius 2 is 2.11 bits per heavy atom. The van der Waals surface area contributed by atoms with Gasteiger partial charge in [-0.05, 0) is 17.7 Å². The van der Waals surface area contributed by atoms with Crippen molar-refractivity contribution in [2.45, 2.75) is 12.2 Å². The predicted octanol–water partition coefficient (Wildman–Crippen LogP) is 1.30. The second kappa shape index (κ2) is 5.47. The Morgan fingerprint density at radius 3 is 2.50 bits per heavy atom. The molecule has 1 aromatic carbocycles. The molecule has 0 amide bonds. The lowest BCUT2D eigenvalue weighted by Gasteiger charge is -2.09. The third-order valence-corrected chi connectivity index (χ3v) is 3.18. The van der Waals surface area contributed by atoms with Crippen molar-refractivity contribution >= 4 is 34.0 Å². The summed E-state index contributed by atoms with van der Waals surface area (Å²) >= 11 is 5.74. The summed E-state index contributed by atoms with van der Waals surface area (Å²) in [5.74, 6) is -0.578. The summed E-state index contributed by atoms with van der Waals surface area (Å²) in [5.41, 5.74) is -0.0756. The fraction of sp³-hybridized carbons (Fsp3) is 0.200. The van der Waals surface area contributed by atoms with E-state index >= 15 is 0 Å². The molecule has 0 fully saturated rings. The van der Waals surface area contributed by atoms with Gasteiger partial charge in [0.15, 0.2) is 5.25 Å². The molecule has 0 heterocycles. The van der Waals surface area contributed by atoms with Crippen molar-refractivity contribution in [3.63, 3.8) is 0 Å². The molecule has 1 radical (unpaired) electrons. The molecular weight excluding hydrogens is 284 g/mol. The monoisotopic (exact) mass is 291 g/mol. The molecule has 0 spiro atoms. The molecule has 0 aliphatic carbocycles. The van der Waals surface area contributed by atoms with Crippen molar-refractivity contribution in [2.24, 2.45) is 0 Å². The molecule has 1 rings (SSSR count). The largest absolute Gasteiger partial charge is 0.425 e. The fourth-order valence-corrected chi connectivity index (χ4v) is 2.06. The number of carbonyl (C=O) groups is 1. The molecule has 97 valence electrons. The third-order valence-electron chi connectivity index (χ3n) is 1.92. The maximum absolute atomic E-state index is 10.9. The van der Waals surface area contributed by atoms with Crippen molar-refractivity contribution in [3.8, 4) is 5.75 Å². The molecule has 1 unspecified atom stereocenters. The van der Waals surface area contributed by atoms with Crippen LogP contribution in [-0.4, -0.2) is 25.2 Å². The van der Waals surface area contributed by atoms with E-state index in [0.29, 0.717) is 0 Å². The van der Waals surface area contributed by atoms with Crippen LogP contribution in [0.3, 0.4) is 0 Å². The number of esters is 1. The van der Waals surface area contributed by atoms with Crippen LogP contribution in [0.2, 0.25) is 5.02 Å². The summed E-state index contributed by atoms with van der Waals surface area (Å²) in [5, 5.41) is -1.91. The van der Waals surface area contributed by atoms with E-state index in [1.54, 1.807) is 0 Å². The lowest BCUT2D eigenvalue weighted by molar-refractivity contribution is -0.131. The SMILES string of the molecule is CC(=O)Oc1ccc(C([C]=O)S(=O)(=O)O)cc1Cl. The molecule has 18 heavy (non-hydrogen) atoms. The van der Waals surface area contributed by atoms with Gasteiger partial charge in [-0.2, -0.15) is 8.42 Å². The van der Waals surface area contributed by atoms with Gasteiger partial charge in [-0.1, -0.05) is 17.7 Å². The van der Waals surface area contributed by atoms with Gasteiger partial charge >= 0.3 is 5.97 Å². The van der Waals surface area contributed by atoms with E-state index in [0.717, 1.165) is 6.07 Å². The summed E-state index contributed by atoms with van der Waals surface area (Å²) < 4.78 is 35.3. The average molecular weight is 292 g/mol. The van der Waals surface area contributed by atoms with Gasteiger partial charge < -0.3 is 4.74 Å². The highest BCUT2D eigenvalue weighted by Crippen LogP contribution is 2.29. The molecule has 0 saturated heterocycles. The standard InChI is InChI=1S/C10H8ClO6S/c1-6(13)17-9-3-2-7(4-8(9)11)10(5-12)18(14,15)16/h2-4,10H,1H3,(H,14,15,16). The first-order chi connectivity index (χ1) is 8.25. The Kier molecular flexibility index (Phi) is 4.44. The summed E-state index contributed by atoms with van der Waals surface area (Å²) in [6.45, 7) is 1.17. The molecule has 8 heteroatoms. The lowest BCUT2D eigenvalue weighted by Crippen LogP contribution is -2.13. The van der Waals surface area contributed by atoms with Crippen LogP contribution in [0.25, 0.3) is 0 Å². The minimum absolute atomic E-state index is 0.0212. The molecule has 0 aliphatic heterocycles. The van der Waals surface area contributed by atoms with E-state index in [1.807, 2.05) is 0 Å². The van der Waals surface area contributed by atoms with Crippen LogP contribution in [0.4, 0.5) is 0 Å². The molecule has 0 aliphatic rings. The lowest BCUT2D eigenvalue weighted by atomic mass is 10.1. The number of benzene rings is 1. The second-order valence-electron chi connectivity index (χ2n) is 3.30. The van der Waals surface area contributed by atoms with Crippen molar-refractivity contribution < 1.29 is 27.3 Å². The molecule has 1 atom stereocenters. The minimum atomic E-state index is -4.61. The zero-order valence-electron chi connectivity index (χ0n) is 9.08. The van der Waals surface area contributed by atoms with Crippen molar-refractivity contribution in [1.29, 1.82) is 0 Å². The van der Waals surface area contributed by atoms with Crippen LogP contribution >= 0.6 is 11.6 Å². The van der Waals surface area contributed by atoms with Crippen molar-refractivity contribution in [2.75, 3.05) is 0 Å². The number of rotatable bonds is 4. The van der Waals surface area contributed by atoms with Crippen LogP contribution in [0.15, 0.2) is 18.2 Å². The summed E-state index contributed by atoms with van der Waals surface area (Å²) in [6, 6.07) is 3.51. The van der Waals surface area contributed by atoms with Gasteiger partial charge in [0.1, 0.15) is 5.75 Å². The minimum Gasteiger partial charge on any atom is -0.425 e. The number of hydrogen-bond acceptors (Lipinski definition) is 5. The fourth-order valence-electron chi connectivity index (χ4n) is 1.22. The predicted molar refractivity (Wildman–Crippen MR) is 62.7 cm³/mol. The van der Waals surface area contributed by atoms with Gasteiger partial charge in [0.25, 0.3) is 10.1 Å². The zero-order valence-corrected chi connectivity index (χ0v) is 10.7. The van der Waals surface area contributed by atoms with E-state index in [4.69, 9.17) is 20.9 Å². The van der Waals surface area contributed by atoms with Crippen LogP contribution in [0, 0.1) is 0 Å². The molecule has 1 aromatic rings. The summed E-state index contributed by atoms with van der Waals surface area (Å²) in [4.78, 5) is 21.3. The van der Waals surface area contributed by atoms with Gasteiger partial charge in [0.2, 0.25) is 6.29 Å². The van der Waals surface area contributed by atoms with Crippen LogP contribution in [0.5, 0.6) is 5.75 Å². The first kappa shape index (κ1) is 14.6. The van der Waals surface area contributed by atoms with Gasteiger partial charge in [0.05, 0.1) is 5.02 Å². The Labute approximate surface area is 108 Å². The Morgan fingerprint density at radius 1 is 1.50 bits per heavy atom. The maximum Gasteiger partial charge on any atom is 0.308 e. The van der Waals surface area contributed by atoms with Crippen molar-refractivity contribution in [1.82, 2.24) is 0 Å². The molecular formula is C10H8ClO6S. The highest BCUT2D eigenvalue weighted by Gasteiger charge is 2.26. The molecule has 6 nitrogen and oxygen atoms in total. The third kappa shape index (κ3) is 3.52. The van der Waals surface area contributed by atoms with Gasteiger partial charge in [-0.3, -0.25) is 14.1 Å². The van der Waals surface area contributed by atoms with E-state index in [2.05, 4.69) is 0 Å². The first-order valence-corrected chi connectivity index (χ1v) is 6.45. The molecule has 0 bridgehead atoms. The summed E-state index contributed by atoms with van der Waals surface area (Å²) in [7, 11) is -4.61. The topological polar surface area (TPSA) is 97.7 Å². The average Bonchev–Trinajstić information content (AvgIpc) is 2.20. The quantitative estimate of drug-likeness (QED) is 0.510. The number of ether oxygens (including phenoxy) is 1. The van der Waals surface area contributed by atoms with Gasteiger partial charge in [0, 0.05) is 6.92 Å². The number of halogens is 1. The molecule has 0 saturated carbocycles. The van der Waals surface area contributed by atoms with Gasteiger partial charge in [-0.15, -0.1) is 0 Å². The zero-order chi connectivity index (χ0) is 13.9. The molecule has 1 N–H and O–H groups in total. The van der Waals surface area contributed by atoms with E-state index in [9.17, 15) is 18.0 Å². The van der Waals surface area contributed by atoms with Crippen LogP contribution in [-0.2, 0) is 19.7 Å². The molecule has 0 aromatic heterocycles.